The predicted octanol–water partition coefficient (Wildman–Crippen LogP) is 3.10. The summed E-state index contributed by atoms with van der Waals surface area (Å²) in [6, 6.07) is 9.75. The Morgan fingerprint density at radius 1 is 1.14 bits per heavy atom. The molecule has 0 saturated heterocycles. The zero-order chi connectivity index (χ0) is 15.7. The van der Waals surface area contributed by atoms with Gasteiger partial charge in [0.15, 0.2) is 9.84 Å². The Balaban J connectivity index is 1.65. The molecule has 1 heterocycles. The van der Waals surface area contributed by atoms with Crippen molar-refractivity contribution in [1.82, 2.24) is 5.32 Å². The summed E-state index contributed by atoms with van der Waals surface area (Å²) in [7, 11) is -3.07. The molecule has 22 heavy (non-hydrogen) atoms. The molecule has 3 rings (SSSR count). The van der Waals surface area contributed by atoms with Gasteiger partial charge in [0.05, 0.1) is 10.6 Å². The lowest BCUT2D eigenvalue weighted by molar-refractivity contribution is 0.600. The molecule has 0 saturated carbocycles. The minimum atomic E-state index is -3.07. The van der Waals surface area contributed by atoms with Crippen molar-refractivity contribution in [3.05, 3.63) is 63.9 Å². The fourth-order valence-corrected chi connectivity index (χ4v) is 4.38. The van der Waals surface area contributed by atoms with Gasteiger partial charge >= 0.3 is 0 Å². The van der Waals surface area contributed by atoms with Gasteiger partial charge in [-0.25, -0.2) is 12.8 Å². The van der Waals surface area contributed by atoms with E-state index in [9.17, 15) is 12.8 Å². The number of sulfone groups is 1. The molecule has 0 amide bonds. The first-order valence-corrected chi connectivity index (χ1v) is 8.98. The minimum absolute atomic E-state index is 0.199. The number of halogens is 2. The smallest absolute Gasteiger partial charge is 0.178 e. The fourth-order valence-electron chi connectivity index (χ4n) is 2.60. The summed E-state index contributed by atoms with van der Waals surface area (Å²) in [5, 5.41) is 3.63. The van der Waals surface area contributed by atoms with Crippen molar-refractivity contribution in [3.8, 4) is 0 Å². The molecule has 0 aliphatic carbocycles. The SMILES string of the molecule is O=S1(=O)CCc2cc(CNCc3ccc(F)cc3Cl)ccc21. The highest BCUT2D eigenvalue weighted by atomic mass is 35.5. The van der Waals surface area contributed by atoms with Gasteiger partial charge in [-0.2, -0.15) is 0 Å². The van der Waals surface area contributed by atoms with Crippen LogP contribution >= 0.6 is 11.6 Å². The quantitative estimate of drug-likeness (QED) is 0.931. The van der Waals surface area contributed by atoms with Crippen molar-refractivity contribution in [3.63, 3.8) is 0 Å². The molecular weight excluding hydrogens is 325 g/mol. The lowest BCUT2D eigenvalue weighted by atomic mass is 10.1. The third kappa shape index (κ3) is 3.16. The number of hydrogen-bond acceptors (Lipinski definition) is 3. The van der Waals surface area contributed by atoms with Crippen LogP contribution in [-0.4, -0.2) is 14.2 Å². The zero-order valence-corrected chi connectivity index (χ0v) is 13.3. The largest absolute Gasteiger partial charge is 0.309 e. The molecular formula is C16H15ClFNO2S. The van der Waals surface area contributed by atoms with E-state index in [1.54, 1.807) is 12.1 Å². The van der Waals surface area contributed by atoms with Crippen LogP contribution in [-0.2, 0) is 29.3 Å². The first-order chi connectivity index (χ1) is 10.5. The van der Waals surface area contributed by atoms with Crippen molar-refractivity contribution < 1.29 is 12.8 Å². The number of aryl methyl sites for hydroxylation is 1. The summed E-state index contributed by atoms with van der Waals surface area (Å²) in [4.78, 5) is 0.456. The number of hydrogen-bond donors (Lipinski definition) is 1. The van der Waals surface area contributed by atoms with Crippen LogP contribution < -0.4 is 5.32 Å². The Bertz CT molecular complexity index is 821. The van der Waals surface area contributed by atoms with E-state index in [0.29, 0.717) is 29.4 Å². The topological polar surface area (TPSA) is 46.2 Å². The van der Waals surface area contributed by atoms with Crippen molar-refractivity contribution in [2.24, 2.45) is 0 Å². The van der Waals surface area contributed by atoms with Gasteiger partial charge in [-0.15, -0.1) is 0 Å². The Kier molecular flexibility index (Phi) is 4.21. The maximum Gasteiger partial charge on any atom is 0.178 e. The van der Waals surface area contributed by atoms with Gasteiger partial charge in [0.1, 0.15) is 5.82 Å². The molecule has 0 fully saturated rings. The van der Waals surface area contributed by atoms with Crippen LogP contribution in [0.5, 0.6) is 0 Å². The molecule has 2 aromatic carbocycles. The summed E-state index contributed by atoms with van der Waals surface area (Å²) < 4.78 is 36.5. The van der Waals surface area contributed by atoms with Crippen LogP contribution in [0, 0.1) is 5.82 Å². The van der Waals surface area contributed by atoms with Gasteiger partial charge < -0.3 is 5.32 Å². The highest BCUT2D eigenvalue weighted by Gasteiger charge is 2.25. The molecule has 3 nitrogen and oxygen atoms in total. The molecule has 6 heteroatoms. The Labute approximate surface area is 134 Å². The van der Waals surface area contributed by atoms with Gasteiger partial charge in [0.2, 0.25) is 0 Å². The number of nitrogens with one attached hydrogen (secondary N) is 1. The van der Waals surface area contributed by atoms with E-state index >= 15 is 0 Å². The van der Waals surface area contributed by atoms with Crippen molar-refractivity contribution >= 4 is 21.4 Å². The molecule has 0 unspecified atom stereocenters. The van der Waals surface area contributed by atoms with Crippen molar-refractivity contribution in [2.75, 3.05) is 5.75 Å². The summed E-state index contributed by atoms with van der Waals surface area (Å²) in [6.07, 6.45) is 0.579. The molecule has 0 spiro atoms. The van der Waals surface area contributed by atoms with Crippen molar-refractivity contribution in [1.29, 1.82) is 0 Å². The summed E-state index contributed by atoms with van der Waals surface area (Å²) in [6.45, 7) is 1.12. The van der Waals surface area contributed by atoms with Crippen LogP contribution in [0.1, 0.15) is 16.7 Å². The highest BCUT2D eigenvalue weighted by molar-refractivity contribution is 7.91. The van der Waals surface area contributed by atoms with E-state index < -0.39 is 9.84 Å². The van der Waals surface area contributed by atoms with Gasteiger partial charge in [-0.3, -0.25) is 0 Å². The molecule has 116 valence electrons. The van der Waals surface area contributed by atoms with Crippen molar-refractivity contribution in [2.45, 2.75) is 24.4 Å². The summed E-state index contributed by atoms with van der Waals surface area (Å²) >= 11 is 5.97. The zero-order valence-electron chi connectivity index (χ0n) is 11.8. The molecule has 0 radical (unpaired) electrons. The molecule has 1 aliphatic heterocycles. The normalized spacial score (nSPS) is 15.7. The summed E-state index contributed by atoms with van der Waals surface area (Å²) in [5.41, 5.74) is 2.74. The van der Waals surface area contributed by atoms with Crippen LogP contribution in [0.4, 0.5) is 4.39 Å². The second kappa shape index (κ2) is 5.99. The van der Waals surface area contributed by atoms with Crippen LogP contribution in [0.3, 0.4) is 0 Å². The standard InChI is InChI=1S/C16H15ClFNO2S/c17-15-8-14(18)3-2-13(15)10-19-9-11-1-4-16-12(7-11)5-6-22(16,20)21/h1-4,7-8,19H,5-6,9-10H2. The third-order valence-corrected chi connectivity index (χ3v) is 5.92. The van der Waals surface area contributed by atoms with E-state index in [2.05, 4.69) is 5.32 Å². The molecule has 1 N–H and O–H groups in total. The lowest BCUT2D eigenvalue weighted by Gasteiger charge is -2.08. The average molecular weight is 340 g/mol. The van der Waals surface area contributed by atoms with Crippen LogP contribution in [0.2, 0.25) is 5.02 Å². The Hall–Kier alpha value is -1.43. The molecule has 1 aliphatic rings. The maximum atomic E-state index is 13.0. The average Bonchev–Trinajstić information content (AvgIpc) is 2.77. The monoisotopic (exact) mass is 339 g/mol. The highest BCUT2D eigenvalue weighted by Crippen LogP contribution is 2.26. The van der Waals surface area contributed by atoms with Crippen LogP contribution in [0.25, 0.3) is 0 Å². The second-order valence-electron chi connectivity index (χ2n) is 5.35. The minimum Gasteiger partial charge on any atom is -0.309 e. The Morgan fingerprint density at radius 2 is 1.95 bits per heavy atom. The van der Waals surface area contributed by atoms with Gasteiger partial charge in [-0.05, 0) is 41.3 Å². The van der Waals surface area contributed by atoms with E-state index in [-0.39, 0.29) is 11.6 Å². The third-order valence-electron chi connectivity index (χ3n) is 3.76. The summed E-state index contributed by atoms with van der Waals surface area (Å²) in [5.74, 6) is -0.154. The molecule has 0 bridgehead atoms. The van der Waals surface area contributed by atoms with E-state index in [4.69, 9.17) is 11.6 Å². The van der Waals surface area contributed by atoms with Gasteiger partial charge in [0, 0.05) is 18.1 Å². The fraction of sp³-hybridized carbons (Fsp3) is 0.250. The lowest BCUT2D eigenvalue weighted by Crippen LogP contribution is -2.13. The first kappa shape index (κ1) is 15.5. The predicted molar refractivity (Wildman–Crippen MR) is 84.2 cm³/mol. The van der Waals surface area contributed by atoms with E-state index in [1.165, 1.54) is 12.1 Å². The van der Waals surface area contributed by atoms with Gasteiger partial charge in [0.25, 0.3) is 0 Å². The van der Waals surface area contributed by atoms with E-state index in [0.717, 1.165) is 16.7 Å². The number of fused-ring (bicyclic) bond motifs is 1. The Morgan fingerprint density at radius 3 is 2.73 bits per heavy atom. The molecule has 0 atom stereocenters. The van der Waals surface area contributed by atoms with E-state index in [1.807, 2.05) is 12.1 Å². The number of rotatable bonds is 4. The molecule has 0 aromatic heterocycles. The van der Waals surface area contributed by atoms with Gasteiger partial charge in [-0.1, -0.05) is 29.8 Å². The van der Waals surface area contributed by atoms with Crippen LogP contribution in [0.15, 0.2) is 41.3 Å². The second-order valence-corrected chi connectivity index (χ2v) is 7.84. The maximum absolute atomic E-state index is 13.0. The first-order valence-electron chi connectivity index (χ1n) is 6.95. The number of benzene rings is 2. The molecule has 2 aromatic rings.